The van der Waals surface area contributed by atoms with Gasteiger partial charge in [0.25, 0.3) is 0 Å². The van der Waals surface area contributed by atoms with E-state index in [1.807, 2.05) is 44.2 Å². The Kier molecular flexibility index (Phi) is 5.13. The van der Waals surface area contributed by atoms with E-state index >= 15 is 0 Å². The monoisotopic (exact) mass is 270 g/mol. The lowest BCUT2D eigenvalue weighted by Crippen LogP contribution is -2.19. The van der Waals surface area contributed by atoms with Gasteiger partial charge in [-0.2, -0.15) is 0 Å². The smallest absolute Gasteiger partial charge is 0.140 e. The van der Waals surface area contributed by atoms with E-state index in [1.165, 1.54) is 5.56 Å². The molecule has 1 aromatic carbocycles. The lowest BCUT2D eigenvalue weighted by atomic mass is 10.1. The van der Waals surface area contributed by atoms with Crippen molar-refractivity contribution in [1.29, 1.82) is 0 Å². The molecule has 1 unspecified atom stereocenters. The number of benzene rings is 1. The van der Waals surface area contributed by atoms with E-state index in [0.717, 1.165) is 30.0 Å². The highest BCUT2D eigenvalue weighted by atomic mass is 16.5. The lowest BCUT2D eigenvalue weighted by molar-refractivity contribution is 0.316. The largest absolute Gasteiger partial charge is 0.491 e. The molecule has 0 bridgehead atoms. The third-order valence-electron chi connectivity index (χ3n) is 3.08. The average Bonchev–Trinajstić information content (AvgIpc) is 2.42. The molecule has 0 fully saturated rings. The zero-order valence-electron chi connectivity index (χ0n) is 12.2. The van der Waals surface area contributed by atoms with Crippen LogP contribution in [-0.4, -0.2) is 17.6 Å². The quantitative estimate of drug-likeness (QED) is 0.878. The molecule has 3 heteroatoms. The molecule has 0 aliphatic carbocycles. The minimum atomic E-state index is 0.0840. The first-order chi connectivity index (χ1) is 9.65. The molecule has 2 N–H and O–H groups in total. The van der Waals surface area contributed by atoms with E-state index in [9.17, 15) is 0 Å². The third-order valence-corrected chi connectivity index (χ3v) is 3.08. The number of aryl methyl sites for hydroxylation is 1. The van der Waals surface area contributed by atoms with Crippen molar-refractivity contribution in [2.24, 2.45) is 5.73 Å². The number of rotatable bonds is 6. The summed E-state index contributed by atoms with van der Waals surface area (Å²) < 4.78 is 5.88. The molecule has 1 aromatic heterocycles. The fourth-order valence-electron chi connectivity index (χ4n) is 2.10. The summed E-state index contributed by atoms with van der Waals surface area (Å²) in [5, 5.41) is 0. The van der Waals surface area contributed by atoms with Gasteiger partial charge < -0.3 is 10.5 Å². The average molecular weight is 270 g/mol. The molecule has 0 saturated carbocycles. The molecular weight excluding hydrogens is 248 g/mol. The Bertz CT molecular complexity index is 538. The highest BCUT2D eigenvalue weighted by molar-refractivity contribution is 5.30. The molecule has 1 atom stereocenters. The van der Waals surface area contributed by atoms with Crippen LogP contribution in [0.3, 0.4) is 0 Å². The van der Waals surface area contributed by atoms with E-state index in [2.05, 4.69) is 17.1 Å². The zero-order chi connectivity index (χ0) is 14.4. The number of ether oxygens (including phenoxy) is 1. The van der Waals surface area contributed by atoms with Crippen LogP contribution in [0.2, 0.25) is 0 Å². The minimum absolute atomic E-state index is 0.0840. The molecule has 106 valence electrons. The number of pyridine rings is 1. The van der Waals surface area contributed by atoms with Gasteiger partial charge in [-0.15, -0.1) is 0 Å². The summed E-state index contributed by atoms with van der Waals surface area (Å²) in [6.07, 6.45) is 1.63. The second-order valence-corrected chi connectivity index (χ2v) is 5.16. The third kappa shape index (κ3) is 4.35. The summed E-state index contributed by atoms with van der Waals surface area (Å²) in [6.45, 7) is 4.62. The number of hydrogen-bond donors (Lipinski definition) is 1. The molecule has 0 radical (unpaired) electrons. The van der Waals surface area contributed by atoms with Gasteiger partial charge >= 0.3 is 0 Å². The molecule has 0 spiro atoms. The number of nitrogens with zero attached hydrogens (tertiary/aromatic N) is 1. The first kappa shape index (κ1) is 14.5. The fraction of sp³-hybridized carbons (Fsp3) is 0.353. The predicted octanol–water partition coefficient (Wildman–Crippen LogP) is 2.90. The molecule has 0 amide bonds. The van der Waals surface area contributed by atoms with Crippen molar-refractivity contribution in [2.75, 3.05) is 6.61 Å². The number of aromatic nitrogens is 1. The van der Waals surface area contributed by atoms with Crippen molar-refractivity contribution in [3.8, 4) is 5.75 Å². The van der Waals surface area contributed by atoms with E-state index < -0.39 is 0 Å². The van der Waals surface area contributed by atoms with Gasteiger partial charge in [0.15, 0.2) is 0 Å². The van der Waals surface area contributed by atoms with Gasteiger partial charge in [-0.3, -0.25) is 4.98 Å². The normalized spacial score (nSPS) is 12.2. The van der Waals surface area contributed by atoms with Crippen LogP contribution in [0.15, 0.2) is 42.5 Å². The summed E-state index contributed by atoms with van der Waals surface area (Å²) in [4.78, 5) is 4.53. The molecule has 3 nitrogen and oxygen atoms in total. The van der Waals surface area contributed by atoms with Crippen LogP contribution in [0.1, 0.15) is 23.9 Å². The molecular formula is C17H22N2O. The van der Waals surface area contributed by atoms with Gasteiger partial charge in [0.05, 0.1) is 12.3 Å². The molecule has 0 aliphatic rings. The van der Waals surface area contributed by atoms with Crippen LogP contribution in [0, 0.1) is 6.92 Å². The molecule has 2 rings (SSSR count). The van der Waals surface area contributed by atoms with Gasteiger partial charge in [-0.25, -0.2) is 0 Å². The first-order valence-corrected chi connectivity index (χ1v) is 7.04. The second kappa shape index (κ2) is 7.06. The van der Waals surface area contributed by atoms with Crippen molar-refractivity contribution < 1.29 is 4.74 Å². The number of nitrogens with two attached hydrogens (primary N) is 1. The van der Waals surface area contributed by atoms with E-state index in [4.69, 9.17) is 10.5 Å². The highest BCUT2D eigenvalue weighted by Crippen LogP contribution is 2.18. The van der Waals surface area contributed by atoms with Crippen LogP contribution >= 0.6 is 0 Å². The predicted molar refractivity (Wildman–Crippen MR) is 82.0 cm³/mol. The topological polar surface area (TPSA) is 48.1 Å². The molecule has 0 saturated heterocycles. The Balaban J connectivity index is 1.98. The summed E-state index contributed by atoms with van der Waals surface area (Å²) in [5.74, 6) is 0.851. The molecule has 0 aliphatic heterocycles. The van der Waals surface area contributed by atoms with Crippen LogP contribution < -0.4 is 10.5 Å². The van der Waals surface area contributed by atoms with Crippen LogP contribution in [0.4, 0.5) is 0 Å². The fourth-order valence-corrected chi connectivity index (χ4v) is 2.10. The van der Waals surface area contributed by atoms with Crippen molar-refractivity contribution in [2.45, 2.75) is 32.7 Å². The van der Waals surface area contributed by atoms with Crippen molar-refractivity contribution in [1.82, 2.24) is 4.98 Å². The summed E-state index contributed by atoms with van der Waals surface area (Å²) in [6, 6.07) is 14.4. The zero-order valence-corrected chi connectivity index (χ0v) is 12.2. The number of hydrogen-bond acceptors (Lipinski definition) is 3. The van der Waals surface area contributed by atoms with Crippen LogP contribution in [-0.2, 0) is 12.8 Å². The van der Waals surface area contributed by atoms with Crippen LogP contribution in [0.5, 0.6) is 5.75 Å². The summed E-state index contributed by atoms with van der Waals surface area (Å²) in [5.41, 5.74) is 9.09. The molecule has 2 aromatic rings. The Morgan fingerprint density at radius 2 is 1.90 bits per heavy atom. The van der Waals surface area contributed by atoms with Gasteiger partial charge in [0.1, 0.15) is 5.75 Å². The Morgan fingerprint density at radius 3 is 2.60 bits per heavy atom. The van der Waals surface area contributed by atoms with Gasteiger partial charge in [-0.1, -0.05) is 30.3 Å². The van der Waals surface area contributed by atoms with Crippen molar-refractivity contribution in [3.05, 3.63) is 59.4 Å². The maximum atomic E-state index is 5.88. The van der Waals surface area contributed by atoms with E-state index in [-0.39, 0.29) is 6.04 Å². The standard InChI is InChI=1S/C17H22N2O/c1-13(18)12-16-17(9-8-14(2)19-16)20-11-10-15-6-4-3-5-7-15/h3-9,13H,10-12,18H2,1-2H3. The van der Waals surface area contributed by atoms with E-state index in [1.54, 1.807) is 0 Å². The molecule has 20 heavy (non-hydrogen) atoms. The molecule has 1 heterocycles. The SMILES string of the molecule is Cc1ccc(OCCc2ccccc2)c(CC(C)N)n1. The summed E-state index contributed by atoms with van der Waals surface area (Å²) in [7, 11) is 0. The maximum Gasteiger partial charge on any atom is 0.140 e. The highest BCUT2D eigenvalue weighted by Gasteiger charge is 2.08. The lowest BCUT2D eigenvalue weighted by Gasteiger charge is -2.13. The second-order valence-electron chi connectivity index (χ2n) is 5.16. The van der Waals surface area contributed by atoms with Gasteiger partial charge in [0.2, 0.25) is 0 Å². The Morgan fingerprint density at radius 1 is 1.15 bits per heavy atom. The van der Waals surface area contributed by atoms with E-state index in [0.29, 0.717) is 6.61 Å². The maximum absolute atomic E-state index is 5.88. The van der Waals surface area contributed by atoms with Gasteiger partial charge in [0, 0.05) is 24.6 Å². The van der Waals surface area contributed by atoms with Crippen molar-refractivity contribution in [3.63, 3.8) is 0 Å². The minimum Gasteiger partial charge on any atom is -0.491 e. The van der Waals surface area contributed by atoms with Crippen molar-refractivity contribution >= 4 is 0 Å². The Labute approximate surface area is 120 Å². The van der Waals surface area contributed by atoms with Gasteiger partial charge in [-0.05, 0) is 31.5 Å². The Hall–Kier alpha value is -1.87. The van der Waals surface area contributed by atoms with Crippen LogP contribution in [0.25, 0.3) is 0 Å². The first-order valence-electron chi connectivity index (χ1n) is 7.04. The summed E-state index contributed by atoms with van der Waals surface area (Å²) >= 11 is 0.